The molecule has 1 N–H and O–H groups in total. The minimum absolute atomic E-state index is 0.129. The van der Waals surface area contributed by atoms with Crippen molar-refractivity contribution in [1.29, 1.82) is 0 Å². The molecule has 0 saturated heterocycles. The first kappa shape index (κ1) is 21.2. The molecular formula is C27H26N2O4. The highest BCUT2D eigenvalue weighted by Crippen LogP contribution is 2.57. The molecule has 6 rings (SSSR count). The van der Waals surface area contributed by atoms with Gasteiger partial charge in [-0.3, -0.25) is 9.63 Å². The topological polar surface area (TPSA) is 67.9 Å². The van der Waals surface area contributed by atoms with Crippen LogP contribution in [0, 0.1) is 0 Å². The van der Waals surface area contributed by atoms with E-state index in [1.807, 2.05) is 92.7 Å². The van der Waals surface area contributed by atoms with Crippen molar-refractivity contribution >= 4 is 12.0 Å². The molecule has 3 aromatic carbocycles. The second kappa shape index (κ2) is 7.74. The number of alkyl carbamates (subject to hydrolysis) is 1. The number of rotatable bonds is 4. The SMILES string of the molecule is C[C@H](NC(=O)OCc1ccccc1)C(=O)N1OC2(C)c3ccccc3C1(C)c1ccccc12. The van der Waals surface area contributed by atoms with Crippen molar-refractivity contribution in [3.63, 3.8) is 0 Å². The zero-order valence-electron chi connectivity index (χ0n) is 18.9. The highest BCUT2D eigenvalue weighted by molar-refractivity contribution is 5.86. The normalized spacial score (nSPS) is 23.3. The van der Waals surface area contributed by atoms with Crippen LogP contribution in [-0.2, 0) is 32.1 Å². The van der Waals surface area contributed by atoms with Gasteiger partial charge in [0.1, 0.15) is 23.8 Å². The number of hydroxylamine groups is 2. The smallest absolute Gasteiger partial charge is 0.408 e. The molecule has 168 valence electrons. The second-order valence-electron chi connectivity index (χ2n) is 8.85. The Morgan fingerprint density at radius 1 is 0.879 bits per heavy atom. The predicted octanol–water partition coefficient (Wildman–Crippen LogP) is 4.62. The Balaban J connectivity index is 1.41. The Morgan fingerprint density at radius 2 is 1.39 bits per heavy atom. The van der Waals surface area contributed by atoms with E-state index in [2.05, 4.69) is 5.32 Å². The number of amides is 2. The van der Waals surface area contributed by atoms with E-state index in [1.165, 1.54) is 5.06 Å². The lowest BCUT2D eigenvalue weighted by Gasteiger charge is -2.57. The molecule has 0 aromatic heterocycles. The Hall–Kier alpha value is -3.64. The molecule has 0 spiro atoms. The number of nitrogens with one attached hydrogen (secondary N) is 1. The van der Waals surface area contributed by atoms with Gasteiger partial charge in [-0.2, -0.15) is 0 Å². The van der Waals surface area contributed by atoms with Crippen LogP contribution in [0.15, 0.2) is 78.9 Å². The summed E-state index contributed by atoms with van der Waals surface area (Å²) in [6, 6.07) is 24.7. The summed E-state index contributed by atoms with van der Waals surface area (Å²) in [5.74, 6) is -0.343. The van der Waals surface area contributed by atoms with Gasteiger partial charge in [0.05, 0.1) is 0 Å². The Morgan fingerprint density at radius 3 is 1.97 bits per heavy atom. The molecule has 0 radical (unpaired) electrons. The third kappa shape index (κ3) is 3.21. The largest absolute Gasteiger partial charge is 0.445 e. The van der Waals surface area contributed by atoms with Crippen molar-refractivity contribution in [2.24, 2.45) is 0 Å². The van der Waals surface area contributed by atoms with Crippen LogP contribution in [0.1, 0.15) is 48.6 Å². The zero-order valence-corrected chi connectivity index (χ0v) is 18.9. The number of hydrogen-bond acceptors (Lipinski definition) is 4. The molecule has 0 unspecified atom stereocenters. The van der Waals surface area contributed by atoms with Gasteiger partial charge in [-0.05, 0) is 48.6 Å². The fourth-order valence-electron chi connectivity index (χ4n) is 4.97. The number of carbonyl (C=O) groups excluding carboxylic acids is 2. The van der Waals surface area contributed by atoms with Crippen LogP contribution < -0.4 is 5.32 Å². The van der Waals surface area contributed by atoms with Crippen LogP contribution in [0.4, 0.5) is 4.79 Å². The highest BCUT2D eigenvalue weighted by atomic mass is 16.7. The van der Waals surface area contributed by atoms with Crippen LogP contribution in [0.3, 0.4) is 0 Å². The van der Waals surface area contributed by atoms with E-state index in [4.69, 9.17) is 9.57 Å². The molecule has 0 fully saturated rings. The first-order chi connectivity index (χ1) is 15.9. The lowest BCUT2D eigenvalue weighted by molar-refractivity contribution is -0.283. The monoisotopic (exact) mass is 442 g/mol. The highest BCUT2D eigenvalue weighted by Gasteiger charge is 2.59. The zero-order chi connectivity index (χ0) is 23.2. The number of carbonyl (C=O) groups is 2. The molecule has 2 bridgehead atoms. The summed E-state index contributed by atoms with van der Waals surface area (Å²) in [4.78, 5) is 32.4. The standard InChI is InChI=1S/C27H26N2O4/c1-18(28-25(31)32-17-19-11-5-4-6-12-19)24(30)29-26(2)20-13-7-9-15-22(20)27(3,33-29)23-16-10-8-14-21(23)26/h4-16,18H,17H2,1-3H3,(H,28,31)/t18-,26?,27?/m0/s1. The molecule has 2 heterocycles. The first-order valence-electron chi connectivity index (χ1n) is 11.1. The van der Waals surface area contributed by atoms with Crippen LogP contribution in [0.2, 0.25) is 0 Å². The predicted molar refractivity (Wildman–Crippen MR) is 123 cm³/mol. The van der Waals surface area contributed by atoms with Gasteiger partial charge in [0.15, 0.2) is 0 Å². The lowest BCUT2D eigenvalue weighted by Crippen LogP contribution is -2.64. The molecule has 3 aliphatic rings. The Kier molecular flexibility index (Phi) is 4.98. The second-order valence-corrected chi connectivity index (χ2v) is 8.85. The van der Waals surface area contributed by atoms with E-state index >= 15 is 0 Å². The summed E-state index contributed by atoms with van der Waals surface area (Å²) in [6.45, 7) is 5.74. The van der Waals surface area contributed by atoms with Crippen molar-refractivity contribution in [2.45, 2.75) is 44.6 Å². The quantitative estimate of drug-likeness (QED) is 0.641. The maximum atomic E-state index is 13.6. The average molecular weight is 443 g/mol. The van der Waals surface area contributed by atoms with Crippen molar-refractivity contribution in [3.8, 4) is 0 Å². The fourth-order valence-corrected chi connectivity index (χ4v) is 4.97. The van der Waals surface area contributed by atoms with E-state index in [0.29, 0.717) is 0 Å². The minimum atomic E-state index is -0.840. The average Bonchev–Trinajstić information content (AvgIpc) is 2.85. The van der Waals surface area contributed by atoms with Crippen LogP contribution in [0.5, 0.6) is 0 Å². The van der Waals surface area contributed by atoms with Gasteiger partial charge in [0, 0.05) is 0 Å². The number of ether oxygens (including phenoxy) is 1. The number of fused-ring (bicyclic) bond motifs is 1. The van der Waals surface area contributed by atoms with Gasteiger partial charge in [-0.15, -0.1) is 0 Å². The van der Waals surface area contributed by atoms with Crippen LogP contribution in [0.25, 0.3) is 0 Å². The van der Waals surface area contributed by atoms with Crippen LogP contribution in [-0.4, -0.2) is 23.1 Å². The minimum Gasteiger partial charge on any atom is -0.445 e. The molecule has 6 heteroatoms. The molecule has 2 amide bonds. The molecule has 1 atom stereocenters. The van der Waals surface area contributed by atoms with Crippen molar-refractivity contribution < 1.29 is 19.2 Å². The summed E-state index contributed by atoms with van der Waals surface area (Å²) >= 11 is 0. The van der Waals surface area contributed by atoms with Gasteiger partial charge in [0.25, 0.3) is 5.91 Å². The van der Waals surface area contributed by atoms with Crippen molar-refractivity contribution in [2.75, 3.05) is 0 Å². The molecule has 2 aliphatic heterocycles. The molecule has 6 nitrogen and oxygen atoms in total. The van der Waals surface area contributed by atoms with Gasteiger partial charge < -0.3 is 10.1 Å². The number of hydrogen-bond donors (Lipinski definition) is 1. The summed E-state index contributed by atoms with van der Waals surface area (Å²) in [6.07, 6.45) is -0.654. The summed E-state index contributed by atoms with van der Waals surface area (Å²) in [7, 11) is 0. The maximum Gasteiger partial charge on any atom is 0.408 e. The fraction of sp³-hybridized carbons (Fsp3) is 0.259. The Labute approximate surface area is 193 Å². The third-order valence-electron chi connectivity index (χ3n) is 6.73. The van der Waals surface area contributed by atoms with E-state index in [0.717, 1.165) is 27.8 Å². The van der Waals surface area contributed by atoms with Gasteiger partial charge in [-0.1, -0.05) is 78.9 Å². The summed E-state index contributed by atoms with van der Waals surface area (Å²) in [5.41, 5.74) is 3.35. The molecule has 1 aliphatic carbocycles. The number of nitrogens with zero attached hydrogens (tertiary/aromatic N) is 1. The third-order valence-corrected chi connectivity index (χ3v) is 6.73. The lowest BCUT2D eigenvalue weighted by atomic mass is 9.65. The van der Waals surface area contributed by atoms with Gasteiger partial charge >= 0.3 is 6.09 Å². The van der Waals surface area contributed by atoms with Crippen LogP contribution >= 0.6 is 0 Å². The van der Waals surface area contributed by atoms with E-state index in [1.54, 1.807) is 6.92 Å². The maximum absolute atomic E-state index is 13.6. The van der Waals surface area contributed by atoms with Gasteiger partial charge in [-0.25, -0.2) is 9.86 Å². The molecule has 3 aromatic rings. The molecule has 33 heavy (non-hydrogen) atoms. The molecule has 0 saturated carbocycles. The Bertz CT molecular complexity index is 1180. The summed E-state index contributed by atoms with van der Waals surface area (Å²) in [5, 5.41) is 4.08. The van der Waals surface area contributed by atoms with E-state index in [9.17, 15) is 9.59 Å². The van der Waals surface area contributed by atoms with E-state index in [-0.39, 0.29) is 12.5 Å². The first-order valence-corrected chi connectivity index (χ1v) is 11.1. The van der Waals surface area contributed by atoms with Crippen molar-refractivity contribution in [3.05, 3.63) is 107 Å². The van der Waals surface area contributed by atoms with E-state index < -0.39 is 23.3 Å². The van der Waals surface area contributed by atoms with Crippen molar-refractivity contribution in [1.82, 2.24) is 10.4 Å². The molecular weight excluding hydrogens is 416 g/mol. The summed E-state index contributed by atoms with van der Waals surface area (Å²) < 4.78 is 5.29. The van der Waals surface area contributed by atoms with Gasteiger partial charge in [0.2, 0.25) is 0 Å². The number of benzene rings is 3.